The largest absolute Gasteiger partial charge is 0.478 e. The summed E-state index contributed by atoms with van der Waals surface area (Å²) in [7, 11) is 0. The van der Waals surface area contributed by atoms with Crippen molar-refractivity contribution in [3.63, 3.8) is 0 Å². The number of carbonyl (C=O) groups excluding carboxylic acids is 1. The molecule has 0 aliphatic heterocycles. The Hall–Kier alpha value is -1.65. The van der Waals surface area contributed by atoms with E-state index in [1.165, 1.54) is 13.3 Å². The van der Waals surface area contributed by atoms with E-state index >= 15 is 0 Å². The second-order valence-corrected chi connectivity index (χ2v) is 2.77. The number of nitrogens with one attached hydrogen (secondary N) is 1. The molecule has 1 amide bonds. The van der Waals surface area contributed by atoms with Crippen LogP contribution < -0.4 is 10.1 Å². The van der Waals surface area contributed by atoms with Crippen LogP contribution in [0.15, 0.2) is 12.4 Å². The zero-order valence-corrected chi connectivity index (χ0v) is 8.28. The van der Waals surface area contributed by atoms with Crippen molar-refractivity contribution in [1.29, 1.82) is 0 Å². The minimum Gasteiger partial charge on any atom is -0.478 e. The number of rotatable bonds is 4. The van der Waals surface area contributed by atoms with E-state index in [1.807, 2.05) is 6.92 Å². The fourth-order valence-corrected chi connectivity index (χ4v) is 0.874. The molecule has 1 rings (SSSR count). The summed E-state index contributed by atoms with van der Waals surface area (Å²) in [4.78, 5) is 18.5. The van der Waals surface area contributed by atoms with Gasteiger partial charge in [-0.1, -0.05) is 6.92 Å². The lowest BCUT2D eigenvalue weighted by atomic mass is 10.5. The molecule has 1 N–H and O–H groups in total. The van der Waals surface area contributed by atoms with Crippen LogP contribution in [0.1, 0.15) is 20.3 Å². The van der Waals surface area contributed by atoms with Gasteiger partial charge in [-0.15, -0.1) is 0 Å². The highest BCUT2D eigenvalue weighted by Crippen LogP contribution is 2.10. The summed E-state index contributed by atoms with van der Waals surface area (Å²) in [6, 6.07) is 1.59. The molecule has 0 aromatic carbocycles. The standard InChI is InChI=1S/C9H13N3O2/c1-3-4-14-9-5-8(10-6-11-9)12-7(2)13/h5-6H,3-4H2,1-2H3,(H,10,11,12,13). The molecule has 0 saturated heterocycles. The molecule has 5 heteroatoms. The third-order valence-corrected chi connectivity index (χ3v) is 1.40. The molecule has 0 aliphatic rings. The van der Waals surface area contributed by atoms with E-state index in [1.54, 1.807) is 6.07 Å². The predicted molar refractivity (Wildman–Crippen MR) is 52.1 cm³/mol. The van der Waals surface area contributed by atoms with E-state index in [4.69, 9.17) is 4.74 Å². The number of ether oxygens (including phenoxy) is 1. The van der Waals surface area contributed by atoms with Crippen molar-refractivity contribution in [3.05, 3.63) is 12.4 Å². The molecule has 0 saturated carbocycles. The van der Waals surface area contributed by atoms with E-state index in [-0.39, 0.29) is 5.91 Å². The number of hydrogen-bond acceptors (Lipinski definition) is 4. The van der Waals surface area contributed by atoms with Gasteiger partial charge >= 0.3 is 0 Å². The number of amides is 1. The zero-order valence-electron chi connectivity index (χ0n) is 8.28. The molecular weight excluding hydrogens is 182 g/mol. The van der Waals surface area contributed by atoms with Gasteiger partial charge in [-0.2, -0.15) is 0 Å². The van der Waals surface area contributed by atoms with Crippen LogP contribution in [0.5, 0.6) is 5.88 Å². The van der Waals surface area contributed by atoms with Crippen LogP contribution in [0, 0.1) is 0 Å². The third kappa shape index (κ3) is 3.38. The molecule has 0 aliphatic carbocycles. The first-order chi connectivity index (χ1) is 6.72. The number of nitrogens with zero attached hydrogens (tertiary/aromatic N) is 2. The monoisotopic (exact) mass is 195 g/mol. The number of carbonyl (C=O) groups is 1. The van der Waals surface area contributed by atoms with Crippen LogP contribution in [0.4, 0.5) is 5.82 Å². The van der Waals surface area contributed by atoms with E-state index in [0.717, 1.165) is 6.42 Å². The molecule has 0 bridgehead atoms. The van der Waals surface area contributed by atoms with Gasteiger partial charge in [0, 0.05) is 13.0 Å². The molecule has 0 atom stereocenters. The molecule has 0 unspecified atom stereocenters. The highest BCUT2D eigenvalue weighted by molar-refractivity contribution is 5.87. The van der Waals surface area contributed by atoms with Crippen molar-refractivity contribution >= 4 is 11.7 Å². The van der Waals surface area contributed by atoms with Crippen LogP contribution in [-0.2, 0) is 4.79 Å². The lowest BCUT2D eigenvalue weighted by molar-refractivity contribution is -0.114. The van der Waals surface area contributed by atoms with Gasteiger partial charge in [0.25, 0.3) is 0 Å². The van der Waals surface area contributed by atoms with Gasteiger partial charge in [-0.3, -0.25) is 4.79 Å². The smallest absolute Gasteiger partial charge is 0.222 e. The second-order valence-electron chi connectivity index (χ2n) is 2.77. The van der Waals surface area contributed by atoms with Gasteiger partial charge in [0.15, 0.2) is 0 Å². The fraction of sp³-hybridized carbons (Fsp3) is 0.444. The highest BCUT2D eigenvalue weighted by atomic mass is 16.5. The van der Waals surface area contributed by atoms with Crippen molar-refractivity contribution in [2.75, 3.05) is 11.9 Å². The van der Waals surface area contributed by atoms with Crippen molar-refractivity contribution in [2.45, 2.75) is 20.3 Å². The van der Waals surface area contributed by atoms with Crippen LogP contribution in [0.2, 0.25) is 0 Å². The van der Waals surface area contributed by atoms with E-state index in [9.17, 15) is 4.79 Å². The van der Waals surface area contributed by atoms with Crippen LogP contribution >= 0.6 is 0 Å². The summed E-state index contributed by atoms with van der Waals surface area (Å²) in [5, 5.41) is 2.55. The van der Waals surface area contributed by atoms with Gasteiger partial charge in [-0.05, 0) is 6.42 Å². The first kappa shape index (κ1) is 10.4. The van der Waals surface area contributed by atoms with Gasteiger partial charge in [0.1, 0.15) is 12.1 Å². The molecule has 1 heterocycles. The summed E-state index contributed by atoms with van der Waals surface area (Å²) in [6.07, 6.45) is 2.27. The second kappa shape index (κ2) is 5.16. The fourth-order valence-electron chi connectivity index (χ4n) is 0.874. The molecule has 76 valence electrons. The van der Waals surface area contributed by atoms with Crippen molar-refractivity contribution in [2.24, 2.45) is 0 Å². The Bertz CT molecular complexity index is 315. The van der Waals surface area contributed by atoms with Gasteiger partial charge < -0.3 is 10.1 Å². The lowest BCUT2D eigenvalue weighted by Crippen LogP contribution is -2.08. The number of anilines is 1. The van der Waals surface area contributed by atoms with Crippen LogP contribution in [0.25, 0.3) is 0 Å². The quantitative estimate of drug-likeness (QED) is 0.784. The third-order valence-electron chi connectivity index (χ3n) is 1.40. The Morgan fingerprint density at radius 2 is 2.36 bits per heavy atom. The minimum atomic E-state index is -0.162. The normalized spacial score (nSPS) is 9.57. The molecule has 1 aromatic heterocycles. The molecule has 14 heavy (non-hydrogen) atoms. The summed E-state index contributed by atoms with van der Waals surface area (Å²) in [5.74, 6) is 0.773. The van der Waals surface area contributed by atoms with Crippen LogP contribution in [-0.4, -0.2) is 22.5 Å². The summed E-state index contributed by atoms with van der Waals surface area (Å²) < 4.78 is 5.27. The molecule has 0 radical (unpaired) electrons. The average Bonchev–Trinajstić information content (AvgIpc) is 2.14. The van der Waals surface area contributed by atoms with Gasteiger partial charge in [0.05, 0.1) is 6.61 Å². The Morgan fingerprint density at radius 1 is 1.57 bits per heavy atom. The molecular formula is C9H13N3O2. The van der Waals surface area contributed by atoms with E-state index in [2.05, 4.69) is 15.3 Å². The van der Waals surface area contributed by atoms with Crippen LogP contribution in [0.3, 0.4) is 0 Å². The predicted octanol–water partition coefficient (Wildman–Crippen LogP) is 1.22. The topological polar surface area (TPSA) is 64.1 Å². The summed E-state index contributed by atoms with van der Waals surface area (Å²) in [6.45, 7) is 4.04. The number of hydrogen-bond donors (Lipinski definition) is 1. The first-order valence-electron chi connectivity index (χ1n) is 4.44. The Kier molecular flexibility index (Phi) is 3.84. The van der Waals surface area contributed by atoms with Crippen molar-refractivity contribution in [3.8, 4) is 5.88 Å². The molecule has 1 aromatic rings. The molecule has 0 spiro atoms. The first-order valence-corrected chi connectivity index (χ1v) is 4.44. The average molecular weight is 195 g/mol. The van der Waals surface area contributed by atoms with E-state index < -0.39 is 0 Å². The maximum atomic E-state index is 10.7. The Balaban J connectivity index is 2.63. The minimum absolute atomic E-state index is 0.162. The zero-order chi connectivity index (χ0) is 10.4. The van der Waals surface area contributed by atoms with Crippen molar-refractivity contribution in [1.82, 2.24) is 9.97 Å². The number of aromatic nitrogens is 2. The van der Waals surface area contributed by atoms with Gasteiger partial charge in [-0.25, -0.2) is 9.97 Å². The lowest BCUT2D eigenvalue weighted by Gasteiger charge is -2.04. The molecule has 5 nitrogen and oxygen atoms in total. The summed E-state index contributed by atoms with van der Waals surface area (Å²) >= 11 is 0. The maximum absolute atomic E-state index is 10.7. The molecule has 0 fully saturated rings. The van der Waals surface area contributed by atoms with Crippen molar-refractivity contribution < 1.29 is 9.53 Å². The highest BCUT2D eigenvalue weighted by Gasteiger charge is 2.00. The van der Waals surface area contributed by atoms with Gasteiger partial charge in [0.2, 0.25) is 11.8 Å². The SMILES string of the molecule is CCCOc1cc(NC(C)=O)ncn1. The maximum Gasteiger partial charge on any atom is 0.222 e. The Morgan fingerprint density at radius 3 is 3.00 bits per heavy atom. The van der Waals surface area contributed by atoms with E-state index in [0.29, 0.717) is 18.3 Å². The Labute approximate surface area is 82.5 Å². The summed E-state index contributed by atoms with van der Waals surface area (Å²) in [5.41, 5.74) is 0.